The Kier molecular flexibility index (Phi) is 8.46. The minimum Gasteiger partial charge on any atom is -0.481 e. The molecule has 0 aromatic rings. The van der Waals surface area contributed by atoms with Crippen LogP contribution in [0.2, 0.25) is 0 Å². The zero-order chi connectivity index (χ0) is 9.52. The van der Waals surface area contributed by atoms with Gasteiger partial charge in [0.25, 0.3) is 0 Å². The Labute approximate surface area is 99.2 Å². The molecular formula is C11H10O2Ru+2. The smallest absolute Gasteiger partial charge is 0.481 e. The topological polar surface area (TPSA) is 37.3 Å². The molecule has 2 aliphatic rings. The third-order valence-electron chi connectivity index (χ3n) is 1.47. The molecule has 3 heteroatoms. The fourth-order valence-electron chi connectivity index (χ4n) is 0.837. The summed E-state index contributed by atoms with van der Waals surface area (Å²) in [4.78, 5) is 10.1. The van der Waals surface area contributed by atoms with Crippen molar-refractivity contribution in [3.05, 3.63) is 63.7 Å². The molecule has 0 heterocycles. The molecule has 0 aromatic carbocycles. The molecule has 10 radical (unpaired) electrons. The first-order valence-corrected chi connectivity index (χ1v) is 3.92. The van der Waals surface area contributed by atoms with Gasteiger partial charge in [0.05, 0.1) is 5.92 Å². The van der Waals surface area contributed by atoms with Crippen molar-refractivity contribution < 1.29 is 29.4 Å². The summed E-state index contributed by atoms with van der Waals surface area (Å²) in [5.74, 6) is -0.514. The van der Waals surface area contributed by atoms with Gasteiger partial charge in [-0.2, -0.15) is 0 Å². The fourth-order valence-corrected chi connectivity index (χ4v) is 0.837. The van der Waals surface area contributed by atoms with Crippen LogP contribution in [0.1, 0.15) is 0 Å². The Morgan fingerprint density at radius 3 is 1.43 bits per heavy atom. The van der Waals surface area contributed by atoms with E-state index in [0.29, 0.717) is 5.92 Å². The van der Waals surface area contributed by atoms with Gasteiger partial charge in [-0.1, -0.05) is 0 Å². The van der Waals surface area contributed by atoms with Gasteiger partial charge < -0.3 is 5.11 Å². The fraction of sp³-hybridized carbons (Fsp3) is 0. The van der Waals surface area contributed by atoms with E-state index in [9.17, 15) is 4.79 Å². The third kappa shape index (κ3) is 5.75. The number of carboxylic acid groups (broad SMARTS) is 1. The summed E-state index contributed by atoms with van der Waals surface area (Å²) in [6.45, 7) is 0. The molecule has 0 atom stereocenters. The van der Waals surface area contributed by atoms with Crippen molar-refractivity contribution in [1.82, 2.24) is 0 Å². The molecule has 14 heavy (non-hydrogen) atoms. The molecule has 0 aliphatic heterocycles. The van der Waals surface area contributed by atoms with Gasteiger partial charge in [0.2, 0.25) is 0 Å². The van der Waals surface area contributed by atoms with Gasteiger partial charge in [-0.05, 0) is 57.8 Å². The summed E-state index contributed by atoms with van der Waals surface area (Å²) < 4.78 is 0. The van der Waals surface area contributed by atoms with Crippen LogP contribution in [-0.4, -0.2) is 11.1 Å². The summed E-state index contributed by atoms with van der Waals surface area (Å²) >= 11 is 0. The Bertz CT molecular complexity index is 142. The summed E-state index contributed by atoms with van der Waals surface area (Å²) in [6, 6.07) is 0. The molecule has 0 aromatic heterocycles. The standard InChI is InChI=1S/C6H5O2.C5H5.Ru/c7-6(8)5-3-1-2-4-5;1-2-4-5-3-1;/h1-4H,(H,7,8);1-5H;/q;;+2. The molecule has 2 saturated carbocycles. The quantitative estimate of drug-likeness (QED) is 0.736. The zero-order valence-corrected chi connectivity index (χ0v) is 9.14. The Hall–Kier alpha value is 0.0934. The van der Waals surface area contributed by atoms with Gasteiger partial charge in [0.1, 0.15) is 0 Å². The van der Waals surface area contributed by atoms with E-state index in [4.69, 9.17) is 5.11 Å². The average Bonchev–Trinajstić information content (AvgIpc) is 2.82. The largest absolute Gasteiger partial charge is 2.00 e. The Balaban J connectivity index is 0.000000246. The van der Waals surface area contributed by atoms with Crippen molar-refractivity contribution in [2.45, 2.75) is 0 Å². The molecule has 2 aliphatic carbocycles. The molecule has 72 valence electrons. The van der Waals surface area contributed by atoms with Crippen LogP contribution in [-0.2, 0) is 24.3 Å². The molecule has 0 spiro atoms. The first-order valence-electron chi connectivity index (χ1n) is 3.92. The van der Waals surface area contributed by atoms with Crippen LogP contribution in [0.5, 0.6) is 0 Å². The van der Waals surface area contributed by atoms with Crippen LogP contribution in [0.3, 0.4) is 0 Å². The van der Waals surface area contributed by atoms with Gasteiger partial charge in [0.15, 0.2) is 0 Å². The molecule has 0 amide bonds. The third-order valence-corrected chi connectivity index (χ3v) is 1.47. The van der Waals surface area contributed by atoms with E-state index in [0.717, 1.165) is 0 Å². The molecule has 0 unspecified atom stereocenters. The van der Waals surface area contributed by atoms with Gasteiger partial charge in [-0.15, -0.1) is 0 Å². The van der Waals surface area contributed by atoms with Crippen molar-refractivity contribution in [2.75, 3.05) is 0 Å². The predicted octanol–water partition coefficient (Wildman–Crippen LogP) is 1.50. The number of hydrogen-bond acceptors (Lipinski definition) is 1. The number of aliphatic carboxylic acids is 1. The van der Waals surface area contributed by atoms with Crippen LogP contribution >= 0.6 is 0 Å². The van der Waals surface area contributed by atoms with E-state index < -0.39 is 5.97 Å². The molecule has 2 nitrogen and oxygen atoms in total. The van der Waals surface area contributed by atoms with Crippen LogP contribution < -0.4 is 0 Å². The molecular weight excluding hydrogens is 265 g/mol. The van der Waals surface area contributed by atoms with Crippen molar-refractivity contribution >= 4 is 5.97 Å². The van der Waals surface area contributed by atoms with Crippen LogP contribution in [0.15, 0.2) is 0 Å². The summed E-state index contributed by atoms with van der Waals surface area (Å²) in [6.07, 6.45) is 16.5. The first-order chi connectivity index (χ1) is 6.30. The minimum atomic E-state index is -0.866. The van der Waals surface area contributed by atoms with Crippen molar-refractivity contribution in [3.63, 3.8) is 0 Å². The average molecular weight is 275 g/mol. The maximum Gasteiger partial charge on any atom is 2.00 e. The predicted molar refractivity (Wildman–Crippen MR) is 49.6 cm³/mol. The van der Waals surface area contributed by atoms with Crippen LogP contribution in [0.25, 0.3) is 0 Å². The number of rotatable bonds is 1. The maximum absolute atomic E-state index is 10.1. The Morgan fingerprint density at radius 2 is 1.21 bits per heavy atom. The van der Waals surface area contributed by atoms with E-state index >= 15 is 0 Å². The van der Waals surface area contributed by atoms with Gasteiger partial charge in [-0.25, -0.2) is 0 Å². The second-order valence-corrected chi connectivity index (χ2v) is 2.44. The minimum absolute atomic E-state index is 0. The molecule has 0 bridgehead atoms. The van der Waals surface area contributed by atoms with Gasteiger partial charge >= 0.3 is 25.4 Å². The Morgan fingerprint density at radius 1 is 0.857 bits per heavy atom. The van der Waals surface area contributed by atoms with E-state index in [1.165, 1.54) is 0 Å². The number of carbonyl (C=O) groups is 1. The summed E-state index contributed by atoms with van der Waals surface area (Å²) in [5.41, 5.74) is 0. The number of carboxylic acids is 1. The molecule has 1 N–H and O–H groups in total. The number of hydrogen-bond donors (Lipinski definition) is 1. The van der Waals surface area contributed by atoms with E-state index in [-0.39, 0.29) is 19.5 Å². The molecule has 2 rings (SSSR count). The second kappa shape index (κ2) is 8.41. The second-order valence-electron chi connectivity index (χ2n) is 2.44. The van der Waals surface area contributed by atoms with E-state index in [1.807, 2.05) is 32.1 Å². The van der Waals surface area contributed by atoms with Gasteiger partial charge in [-0.3, -0.25) is 4.79 Å². The van der Waals surface area contributed by atoms with Crippen molar-refractivity contribution in [2.24, 2.45) is 0 Å². The maximum atomic E-state index is 10.1. The molecule has 0 saturated heterocycles. The van der Waals surface area contributed by atoms with Gasteiger partial charge in [0, 0.05) is 0 Å². The first kappa shape index (κ1) is 14.1. The van der Waals surface area contributed by atoms with Crippen molar-refractivity contribution in [3.8, 4) is 0 Å². The van der Waals surface area contributed by atoms with Crippen molar-refractivity contribution in [1.29, 1.82) is 0 Å². The van der Waals surface area contributed by atoms with E-state index in [2.05, 4.69) is 0 Å². The summed E-state index contributed by atoms with van der Waals surface area (Å²) in [5, 5.41) is 8.27. The van der Waals surface area contributed by atoms with Crippen LogP contribution in [0.4, 0.5) is 0 Å². The zero-order valence-electron chi connectivity index (χ0n) is 7.41. The van der Waals surface area contributed by atoms with E-state index in [1.54, 1.807) is 25.7 Å². The SMILES string of the molecule is O=C(O)[C]1[CH][CH][CH][CH]1.[CH]1[CH][CH][CH][CH]1.[Ru+2]. The monoisotopic (exact) mass is 276 g/mol. The summed E-state index contributed by atoms with van der Waals surface area (Å²) in [7, 11) is 0. The van der Waals surface area contributed by atoms with Crippen LogP contribution in [0, 0.1) is 63.7 Å². The molecule has 2 fully saturated rings. The normalized spacial score (nSPS) is 20.9.